The first-order chi connectivity index (χ1) is 16.1. The van der Waals surface area contributed by atoms with Crippen molar-refractivity contribution in [2.75, 3.05) is 0 Å². The number of nitriles is 1. The number of ether oxygens (including phenoxy) is 1. The molecule has 0 heterocycles. The van der Waals surface area contributed by atoms with E-state index in [1.807, 2.05) is 54.6 Å². The highest BCUT2D eigenvalue weighted by atomic mass is 16.6. The lowest BCUT2D eigenvalue weighted by Gasteiger charge is -2.11. The molecule has 0 N–H and O–H groups in total. The van der Waals surface area contributed by atoms with Gasteiger partial charge in [-0.3, -0.25) is 14.9 Å². The second-order valence-electron chi connectivity index (χ2n) is 7.27. The Morgan fingerprint density at radius 2 is 1.70 bits per heavy atom. The fourth-order valence-corrected chi connectivity index (χ4v) is 3.53. The standard InChI is InChI=1S/C27H18N2O4/c28-17-23(27(30)21-10-6-12-24(16-21)29(31)32)15-20-8-2-4-14-26(20)33-18-22-11-5-9-19-7-1-3-13-25(19)22/h1-16H,18H2/b23-15+. The van der Waals surface area contributed by atoms with Crippen molar-refractivity contribution in [3.05, 3.63) is 123 Å². The molecular weight excluding hydrogens is 416 g/mol. The average Bonchev–Trinajstić information content (AvgIpc) is 2.86. The van der Waals surface area contributed by atoms with E-state index < -0.39 is 10.7 Å². The molecule has 33 heavy (non-hydrogen) atoms. The van der Waals surface area contributed by atoms with Crippen LogP contribution in [0.1, 0.15) is 21.5 Å². The van der Waals surface area contributed by atoms with E-state index in [0.29, 0.717) is 17.9 Å². The van der Waals surface area contributed by atoms with Crippen molar-refractivity contribution in [3.8, 4) is 11.8 Å². The fraction of sp³-hybridized carbons (Fsp3) is 0.0370. The van der Waals surface area contributed by atoms with Crippen LogP contribution in [0.2, 0.25) is 0 Å². The van der Waals surface area contributed by atoms with Crippen LogP contribution < -0.4 is 4.74 Å². The van der Waals surface area contributed by atoms with Crippen molar-refractivity contribution in [2.24, 2.45) is 0 Å². The van der Waals surface area contributed by atoms with Crippen molar-refractivity contribution in [1.29, 1.82) is 5.26 Å². The molecule has 0 aromatic heterocycles. The summed E-state index contributed by atoms with van der Waals surface area (Å²) in [6.45, 7) is 0.312. The number of rotatable bonds is 7. The maximum Gasteiger partial charge on any atom is 0.270 e. The highest BCUT2D eigenvalue weighted by Gasteiger charge is 2.16. The van der Waals surface area contributed by atoms with E-state index in [2.05, 4.69) is 0 Å². The van der Waals surface area contributed by atoms with Crippen LogP contribution in [0.3, 0.4) is 0 Å². The number of para-hydroxylation sites is 1. The molecule has 0 saturated carbocycles. The summed E-state index contributed by atoms with van der Waals surface area (Å²) in [4.78, 5) is 23.3. The molecule has 0 aliphatic rings. The Bertz CT molecular complexity index is 1430. The number of allylic oxidation sites excluding steroid dienone is 1. The molecule has 0 aliphatic heterocycles. The molecule has 4 rings (SSSR count). The number of Topliss-reactive ketones (excluding diaryl/α,β-unsaturated/α-hetero) is 1. The van der Waals surface area contributed by atoms with Gasteiger partial charge in [-0.15, -0.1) is 0 Å². The van der Waals surface area contributed by atoms with Crippen molar-refractivity contribution in [3.63, 3.8) is 0 Å². The van der Waals surface area contributed by atoms with Crippen molar-refractivity contribution in [2.45, 2.75) is 6.61 Å². The molecule has 0 bridgehead atoms. The quantitative estimate of drug-likeness (QED) is 0.115. The number of carbonyl (C=O) groups is 1. The zero-order valence-corrected chi connectivity index (χ0v) is 17.5. The smallest absolute Gasteiger partial charge is 0.270 e. The van der Waals surface area contributed by atoms with Gasteiger partial charge in [0.05, 0.1) is 4.92 Å². The zero-order valence-electron chi connectivity index (χ0n) is 17.5. The Morgan fingerprint density at radius 3 is 2.52 bits per heavy atom. The minimum atomic E-state index is -0.593. The first kappa shape index (κ1) is 21.5. The molecule has 4 aromatic carbocycles. The highest BCUT2D eigenvalue weighted by molar-refractivity contribution is 6.14. The van der Waals surface area contributed by atoms with Crippen LogP contribution in [0.15, 0.2) is 96.6 Å². The number of benzene rings is 4. The molecule has 0 amide bonds. The third kappa shape index (κ3) is 4.78. The van der Waals surface area contributed by atoms with Crippen molar-refractivity contribution in [1.82, 2.24) is 0 Å². The molecular formula is C27H18N2O4. The summed E-state index contributed by atoms with van der Waals surface area (Å²) in [6.07, 6.45) is 1.44. The van der Waals surface area contributed by atoms with Crippen LogP contribution in [0.4, 0.5) is 5.69 Å². The minimum Gasteiger partial charge on any atom is -0.488 e. The van der Waals surface area contributed by atoms with Crippen molar-refractivity contribution >= 4 is 28.3 Å². The molecule has 0 fully saturated rings. The van der Waals surface area contributed by atoms with Gasteiger partial charge in [-0.1, -0.05) is 72.8 Å². The second kappa shape index (κ2) is 9.58. The van der Waals surface area contributed by atoms with Gasteiger partial charge in [0.25, 0.3) is 5.69 Å². The summed E-state index contributed by atoms with van der Waals surface area (Å²) in [6, 6.07) is 28.4. The lowest BCUT2D eigenvalue weighted by atomic mass is 10.0. The second-order valence-corrected chi connectivity index (χ2v) is 7.27. The number of non-ortho nitro benzene ring substituents is 1. The van der Waals surface area contributed by atoms with Crippen LogP contribution in [0, 0.1) is 21.4 Å². The zero-order chi connectivity index (χ0) is 23.2. The van der Waals surface area contributed by atoms with Crippen LogP contribution >= 0.6 is 0 Å². The van der Waals surface area contributed by atoms with E-state index >= 15 is 0 Å². The Labute approximate surface area is 190 Å². The van der Waals surface area contributed by atoms with Gasteiger partial charge in [0.15, 0.2) is 0 Å². The van der Waals surface area contributed by atoms with E-state index in [1.54, 1.807) is 18.2 Å². The SMILES string of the molecule is N#C/C(=C\c1ccccc1OCc1cccc2ccccc12)C(=O)c1cccc([N+](=O)[O-])c1. The van der Waals surface area contributed by atoms with Crippen LogP contribution in [0.5, 0.6) is 5.75 Å². The molecule has 6 heteroatoms. The summed E-state index contributed by atoms with van der Waals surface area (Å²) in [5, 5.41) is 22.8. The Balaban J connectivity index is 1.62. The number of carbonyl (C=O) groups excluding carboxylic acids is 1. The predicted molar refractivity (Wildman–Crippen MR) is 126 cm³/mol. The third-order valence-corrected chi connectivity index (χ3v) is 5.17. The first-order valence-corrected chi connectivity index (χ1v) is 10.2. The third-order valence-electron chi connectivity index (χ3n) is 5.17. The number of hydrogen-bond acceptors (Lipinski definition) is 5. The monoisotopic (exact) mass is 434 g/mol. The largest absolute Gasteiger partial charge is 0.488 e. The molecule has 0 radical (unpaired) electrons. The molecule has 6 nitrogen and oxygen atoms in total. The van der Waals surface area contributed by atoms with Crippen LogP contribution in [0.25, 0.3) is 16.8 Å². The normalized spacial score (nSPS) is 11.1. The number of hydrogen-bond donors (Lipinski definition) is 0. The summed E-state index contributed by atoms with van der Waals surface area (Å²) in [5.41, 5.74) is 1.30. The number of ketones is 1. The van der Waals surface area contributed by atoms with Crippen molar-refractivity contribution < 1.29 is 14.5 Å². The minimum absolute atomic E-state index is 0.0751. The maximum absolute atomic E-state index is 12.8. The Morgan fingerprint density at radius 1 is 0.970 bits per heavy atom. The highest BCUT2D eigenvalue weighted by Crippen LogP contribution is 2.26. The van der Waals surface area contributed by atoms with Gasteiger partial charge in [-0.05, 0) is 28.5 Å². The lowest BCUT2D eigenvalue weighted by molar-refractivity contribution is -0.384. The van der Waals surface area contributed by atoms with E-state index in [9.17, 15) is 20.2 Å². The number of nitro benzene ring substituents is 1. The summed E-state index contributed by atoms with van der Waals surface area (Å²) < 4.78 is 6.06. The average molecular weight is 434 g/mol. The predicted octanol–water partition coefficient (Wildman–Crippen LogP) is 6.12. The first-order valence-electron chi connectivity index (χ1n) is 10.2. The van der Waals surface area contributed by atoms with E-state index in [-0.39, 0.29) is 16.8 Å². The molecule has 0 saturated heterocycles. The van der Waals surface area contributed by atoms with Gasteiger partial charge in [-0.2, -0.15) is 5.26 Å². The topological polar surface area (TPSA) is 93.2 Å². The molecule has 0 atom stereocenters. The molecule has 0 spiro atoms. The molecule has 0 aliphatic carbocycles. The number of nitro groups is 1. The van der Waals surface area contributed by atoms with Gasteiger partial charge in [0.2, 0.25) is 5.78 Å². The van der Waals surface area contributed by atoms with Gasteiger partial charge in [0, 0.05) is 23.3 Å². The molecule has 0 unspecified atom stereocenters. The Kier molecular flexibility index (Phi) is 6.24. The van der Waals surface area contributed by atoms with Gasteiger partial charge < -0.3 is 4.74 Å². The summed E-state index contributed by atoms with van der Waals surface area (Å²) in [5.74, 6) is -0.0740. The van der Waals surface area contributed by atoms with Crippen LogP contribution in [-0.4, -0.2) is 10.7 Å². The summed E-state index contributed by atoms with van der Waals surface area (Å²) >= 11 is 0. The van der Waals surface area contributed by atoms with E-state index in [4.69, 9.17) is 4.74 Å². The lowest BCUT2D eigenvalue weighted by Crippen LogP contribution is -2.03. The summed E-state index contributed by atoms with van der Waals surface area (Å²) in [7, 11) is 0. The van der Waals surface area contributed by atoms with Gasteiger partial charge >= 0.3 is 0 Å². The van der Waals surface area contributed by atoms with Gasteiger partial charge in [-0.25, -0.2) is 0 Å². The Hall–Kier alpha value is -4.76. The molecule has 4 aromatic rings. The van der Waals surface area contributed by atoms with E-state index in [0.717, 1.165) is 22.4 Å². The number of nitrogens with zero attached hydrogens (tertiary/aromatic N) is 2. The van der Waals surface area contributed by atoms with E-state index in [1.165, 1.54) is 24.3 Å². The van der Waals surface area contributed by atoms with Gasteiger partial charge in [0.1, 0.15) is 24.0 Å². The maximum atomic E-state index is 12.8. The molecule has 160 valence electrons. The fourth-order valence-electron chi connectivity index (χ4n) is 3.53. The number of fused-ring (bicyclic) bond motifs is 1. The van der Waals surface area contributed by atoms with Crippen LogP contribution in [-0.2, 0) is 6.61 Å².